The molecule has 0 spiro atoms. The number of esters is 1. The van der Waals surface area contributed by atoms with Crippen molar-refractivity contribution in [2.75, 3.05) is 31.8 Å². The van der Waals surface area contributed by atoms with Crippen molar-refractivity contribution in [3.63, 3.8) is 0 Å². The molecule has 1 saturated heterocycles. The van der Waals surface area contributed by atoms with Crippen LogP contribution in [0.25, 0.3) is 0 Å². The van der Waals surface area contributed by atoms with Crippen molar-refractivity contribution in [3.05, 3.63) is 22.3 Å². The van der Waals surface area contributed by atoms with Crippen LogP contribution in [-0.4, -0.2) is 83.4 Å². The largest absolute Gasteiger partial charge is 0.511 e. The number of amides is 2. The Bertz CT molecular complexity index is 1040. The molecule has 2 aliphatic heterocycles. The molecule has 2 unspecified atom stereocenters. The van der Waals surface area contributed by atoms with Crippen molar-refractivity contribution in [1.29, 1.82) is 0 Å². The van der Waals surface area contributed by atoms with E-state index in [0.717, 1.165) is 16.2 Å². The van der Waals surface area contributed by atoms with Crippen LogP contribution in [0.5, 0.6) is 0 Å². The summed E-state index contributed by atoms with van der Waals surface area (Å²) in [6, 6.07) is -1.04. The van der Waals surface area contributed by atoms with Gasteiger partial charge in [-0.1, -0.05) is 0 Å². The lowest BCUT2D eigenvalue weighted by Crippen LogP contribution is -2.71. The van der Waals surface area contributed by atoms with E-state index in [0.29, 0.717) is 11.3 Å². The van der Waals surface area contributed by atoms with Crippen LogP contribution in [0.2, 0.25) is 0 Å². The molecule has 13 nitrogen and oxygen atoms in total. The third-order valence-corrected chi connectivity index (χ3v) is 6.62. The highest BCUT2D eigenvalue weighted by Crippen LogP contribution is 2.40. The van der Waals surface area contributed by atoms with Gasteiger partial charge in [0.15, 0.2) is 5.13 Å². The summed E-state index contributed by atoms with van der Waals surface area (Å²) in [7, 11) is 1.43. The van der Waals surface area contributed by atoms with Gasteiger partial charge >= 0.3 is 12.1 Å². The molecule has 3 atom stereocenters. The first-order valence-corrected chi connectivity index (χ1v) is 11.9. The fraction of sp³-hybridized carbons (Fsp3) is 0.474. The zero-order valence-electron chi connectivity index (χ0n) is 18.4. The van der Waals surface area contributed by atoms with Crippen molar-refractivity contribution < 1.29 is 42.9 Å². The van der Waals surface area contributed by atoms with E-state index in [9.17, 15) is 24.0 Å². The van der Waals surface area contributed by atoms with Gasteiger partial charge in [-0.2, -0.15) is 0 Å². The Kier molecular flexibility index (Phi) is 8.11. The second kappa shape index (κ2) is 10.8. The van der Waals surface area contributed by atoms with E-state index >= 15 is 0 Å². The van der Waals surface area contributed by atoms with E-state index in [4.69, 9.17) is 19.9 Å². The lowest BCUT2D eigenvalue weighted by atomic mass is 10.0. The quantitative estimate of drug-likeness (QED) is 0.151. The molecule has 2 aliphatic rings. The normalized spacial score (nSPS) is 20.1. The number of nitrogens with two attached hydrogens (primary N) is 1. The summed E-state index contributed by atoms with van der Waals surface area (Å²) < 4.78 is 19.7. The lowest BCUT2D eigenvalue weighted by molar-refractivity contribution is -0.169. The Morgan fingerprint density at radius 3 is 2.68 bits per heavy atom. The molecule has 0 radical (unpaired) electrons. The van der Waals surface area contributed by atoms with Crippen LogP contribution in [0, 0.1) is 0 Å². The highest BCUT2D eigenvalue weighted by Gasteiger charge is 2.55. The van der Waals surface area contributed by atoms with Crippen LogP contribution in [0.4, 0.5) is 9.93 Å². The number of anilines is 1. The highest BCUT2D eigenvalue weighted by molar-refractivity contribution is 8.00. The van der Waals surface area contributed by atoms with Crippen LogP contribution in [0.3, 0.4) is 0 Å². The number of carbonyl (C=O) groups excluding carboxylic acids is 5. The monoisotopic (exact) mass is 514 g/mol. The molecule has 3 rings (SSSR count). The lowest BCUT2D eigenvalue weighted by Gasteiger charge is -2.49. The smallest absolute Gasteiger partial charge is 0.435 e. The van der Waals surface area contributed by atoms with Crippen molar-refractivity contribution in [3.8, 4) is 0 Å². The maximum absolute atomic E-state index is 12.9. The minimum atomic E-state index is -1.29. The second-order valence-corrected chi connectivity index (χ2v) is 8.91. The number of methoxy groups -OCH3 is 1. The van der Waals surface area contributed by atoms with Gasteiger partial charge in [0, 0.05) is 25.2 Å². The number of aromatic nitrogens is 1. The molecule has 0 aromatic carbocycles. The number of carbonyl (C=O) groups is 5. The summed E-state index contributed by atoms with van der Waals surface area (Å²) in [5.74, 6) is -3.18. The van der Waals surface area contributed by atoms with Gasteiger partial charge in [-0.05, 0) is 12.5 Å². The summed E-state index contributed by atoms with van der Waals surface area (Å²) >= 11 is 2.28. The van der Waals surface area contributed by atoms with Crippen molar-refractivity contribution in [2.45, 2.75) is 31.6 Å². The van der Waals surface area contributed by atoms with Gasteiger partial charge in [-0.15, -0.1) is 23.1 Å². The molecular weight excluding hydrogens is 492 g/mol. The first-order valence-electron chi connectivity index (χ1n) is 9.94. The molecule has 15 heteroatoms. The first kappa shape index (κ1) is 25.5. The molecule has 34 heavy (non-hydrogen) atoms. The van der Waals surface area contributed by atoms with E-state index in [-0.39, 0.29) is 29.7 Å². The van der Waals surface area contributed by atoms with E-state index in [1.54, 1.807) is 6.92 Å². The van der Waals surface area contributed by atoms with E-state index < -0.39 is 47.4 Å². The third-order valence-electron chi connectivity index (χ3n) is 4.60. The molecule has 0 saturated carbocycles. The molecule has 3 N–H and O–H groups in total. The number of thioether (sulfide) groups is 1. The predicted octanol–water partition coefficient (Wildman–Crippen LogP) is 0.271. The van der Waals surface area contributed by atoms with Crippen LogP contribution in [-0.2, 0) is 33.3 Å². The molecule has 0 aliphatic carbocycles. The number of fused-ring (bicyclic) bond motifs is 1. The topological polar surface area (TPSA) is 176 Å². The zero-order valence-corrected chi connectivity index (χ0v) is 20.0. The summed E-state index contributed by atoms with van der Waals surface area (Å²) in [4.78, 5) is 66.7. The molecule has 1 fully saturated rings. The maximum Gasteiger partial charge on any atom is 0.511 e. The average Bonchev–Trinajstić information content (AvgIpc) is 3.22. The van der Waals surface area contributed by atoms with Gasteiger partial charge in [-0.3, -0.25) is 19.3 Å². The first-order chi connectivity index (χ1) is 16.2. The van der Waals surface area contributed by atoms with Crippen LogP contribution < -0.4 is 11.1 Å². The number of nitrogen functional groups attached to an aromatic ring is 1. The van der Waals surface area contributed by atoms with Crippen molar-refractivity contribution >= 4 is 58.0 Å². The van der Waals surface area contributed by atoms with Gasteiger partial charge < -0.3 is 30.0 Å². The summed E-state index contributed by atoms with van der Waals surface area (Å²) in [5, 5.41) is 3.21. The van der Waals surface area contributed by atoms with E-state index in [1.807, 2.05) is 0 Å². The molecule has 0 bridgehead atoms. The van der Waals surface area contributed by atoms with Crippen molar-refractivity contribution in [1.82, 2.24) is 15.2 Å². The molecule has 184 valence electrons. The van der Waals surface area contributed by atoms with Gasteiger partial charge in [-0.25, -0.2) is 14.6 Å². The maximum atomic E-state index is 12.9. The fourth-order valence-corrected chi connectivity index (χ4v) is 5.06. The van der Waals surface area contributed by atoms with Crippen LogP contribution in [0.1, 0.15) is 24.3 Å². The summed E-state index contributed by atoms with van der Waals surface area (Å²) in [6.07, 6.45) is -2.30. The summed E-state index contributed by atoms with van der Waals surface area (Å²) in [6.45, 7) is 3.03. The third kappa shape index (κ3) is 5.31. The molecular formula is C19H22N4O9S2. The minimum absolute atomic E-state index is 0.0435. The minimum Gasteiger partial charge on any atom is -0.435 e. The Morgan fingerprint density at radius 1 is 1.32 bits per heavy atom. The Balaban J connectivity index is 1.71. The predicted molar refractivity (Wildman–Crippen MR) is 118 cm³/mol. The zero-order chi connectivity index (χ0) is 25.0. The number of nitrogens with one attached hydrogen (secondary N) is 1. The summed E-state index contributed by atoms with van der Waals surface area (Å²) in [5.41, 5.74) is 5.77. The number of rotatable bonds is 9. The van der Waals surface area contributed by atoms with Gasteiger partial charge in [0.25, 0.3) is 17.6 Å². The Morgan fingerprint density at radius 2 is 2.06 bits per heavy atom. The van der Waals surface area contributed by atoms with Gasteiger partial charge in [0.2, 0.25) is 6.29 Å². The standard InChI is InChI=1S/C19H22N4O9S2/c1-4-30-19(28)32-8(2)31-17(27)12-9(5-29-3)6-33-16-11(15(26)23(12)16)22-14(25)13(24)10-7-34-18(20)21-10/h7-8,11,16H,4-6H2,1-3H3,(H2,20,21)(H,22,25)/t8?,11?,16-/m0/s1. The number of Topliss-reactive ketones (excluding diaryl/α,β-unsaturated/α-hetero) is 1. The van der Waals surface area contributed by atoms with Gasteiger partial charge in [0.1, 0.15) is 22.8 Å². The molecule has 1 aromatic heterocycles. The van der Waals surface area contributed by atoms with Crippen LogP contribution in [0.15, 0.2) is 16.7 Å². The Labute approximate surface area is 201 Å². The Hall–Kier alpha value is -3.17. The number of nitrogens with zero attached hydrogens (tertiary/aromatic N) is 2. The van der Waals surface area contributed by atoms with Crippen molar-refractivity contribution in [2.24, 2.45) is 0 Å². The fourth-order valence-electron chi connectivity index (χ4n) is 3.19. The van der Waals surface area contributed by atoms with E-state index in [1.165, 1.54) is 31.2 Å². The molecule has 2 amide bonds. The molecule has 1 aromatic rings. The number of hydrogen-bond donors (Lipinski definition) is 2. The van der Waals surface area contributed by atoms with Crippen LogP contribution >= 0.6 is 23.1 Å². The average molecular weight is 515 g/mol. The second-order valence-electron chi connectivity index (χ2n) is 6.92. The highest BCUT2D eigenvalue weighted by atomic mass is 32.2. The van der Waals surface area contributed by atoms with E-state index in [2.05, 4.69) is 15.0 Å². The number of hydrogen-bond acceptors (Lipinski definition) is 13. The number of ether oxygens (including phenoxy) is 4. The van der Waals surface area contributed by atoms with Gasteiger partial charge in [0.05, 0.1) is 13.2 Å². The molecule has 3 heterocycles. The number of ketones is 1. The SMILES string of the molecule is CCOC(=O)OC(C)OC(=O)C1=C(COC)CS[C@H]2C(NC(=O)C(=O)c3csc(N)n3)C(=O)N12. The number of thiazole rings is 1. The number of β-lactam (4-membered cyclic amide) rings is 1.